The zero-order chi connectivity index (χ0) is 20.5. The van der Waals surface area contributed by atoms with E-state index in [0.29, 0.717) is 17.6 Å². The van der Waals surface area contributed by atoms with Crippen molar-refractivity contribution < 1.29 is 0 Å². The van der Waals surface area contributed by atoms with Gasteiger partial charge in [-0.3, -0.25) is 4.68 Å². The van der Waals surface area contributed by atoms with Gasteiger partial charge in [0.25, 0.3) is 0 Å². The largest absolute Gasteiger partial charge is 0.320 e. The van der Waals surface area contributed by atoms with Crippen molar-refractivity contribution in [1.82, 2.24) is 29.3 Å². The summed E-state index contributed by atoms with van der Waals surface area (Å²) in [5.74, 6) is 0.522. The Morgan fingerprint density at radius 2 is 2.10 bits per heavy atom. The van der Waals surface area contributed by atoms with Crippen molar-refractivity contribution in [2.24, 2.45) is 0 Å². The number of nitriles is 1. The minimum atomic E-state index is 0.522. The van der Waals surface area contributed by atoms with Crippen LogP contribution in [0.4, 0.5) is 11.6 Å². The second-order valence-electron chi connectivity index (χ2n) is 7.67. The number of fused-ring (bicyclic) bond motifs is 1. The van der Waals surface area contributed by atoms with Crippen LogP contribution in [0.25, 0.3) is 16.8 Å². The fraction of sp³-hybridized carbons (Fsp3) is 0.273. The molecule has 1 saturated heterocycles. The predicted octanol–water partition coefficient (Wildman–Crippen LogP) is 3.30. The third-order valence-corrected chi connectivity index (χ3v) is 5.65. The van der Waals surface area contributed by atoms with E-state index in [1.807, 2.05) is 59.7 Å². The standard InChI is InChI=1S/C22H22N8/c1-28-10-2-4-19(28)15-29-14-18(13-24-29)25-22-26-21-20(5-3-11-30(21)27-22)17-8-6-16(12-23)7-9-17/h3,5-9,11,13-14,19H,2,4,10,15H2,1H3,(H,25,27). The van der Waals surface area contributed by atoms with Gasteiger partial charge in [0.05, 0.1) is 30.1 Å². The lowest BCUT2D eigenvalue weighted by atomic mass is 10.1. The Morgan fingerprint density at radius 3 is 2.87 bits per heavy atom. The maximum Gasteiger partial charge on any atom is 0.247 e. The number of likely N-dealkylation sites (tertiary alicyclic amines) is 1. The van der Waals surface area contributed by atoms with Crippen LogP contribution in [-0.2, 0) is 6.54 Å². The SMILES string of the molecule is CN1CCCC1Cn1cc(Nc2nc3c(-c4ccc(C#N)cc4)cccn3n2)cn1. The fourth-order valence-corrected chi connectivity index (χ4v) is 3.99. The molecule has 0 aliphatic carbocycles. The molecule has 30 heavy (non-hydrogen) atoms. The smallest absolute Gasteiger partial charge is 0.247 e. The van der Waals surface area contributed by atoms with Gasteiger partial charge in [-0.1, -0.05) is 12.1 Å². The highest BCUT2D eigenvalue weighted by Gasteiger charge is 2.21. The van der Waals surface area contributed by atoms with Gasteiger partial charge >= 0.3 is 0 Å². The van der Waals surface area contributed by atoms with Gasteiger partial charge in [0.15, 0.2) is 5.65 Å². The van der Waals surface area contributed by atoms with Gasteiger partial charge in [-0.2, -0.15) is 15.3 Å². The monoisotopic (exact) mass is 398 g/mol. The van der Waals surface area contributed by atoms with Gasteiger partial charge < -0.3 is 10.2 Å². The highest BCUT2D eigenvalue weighted by atomic mass is 15.4. The molecule has 3 aromatic heterocycles. The van der Waals surface area contributed by atoms with Gasteiger partial charge in [-0.05, 0) is 56.3 Å². The number of hydrogen-bond donors (Lipinski definition) is 1. The second kappa shape index (κ2) is 7.61. The summed E-state index contributed by atoms with van der Waals surface area (Å²) in [6.07, 6.45) is 8.15. The van der Waals surface area contributed by atoms with Gasteiger partial charge in [0.2, 0.25) is 5.95 Å². The molecule has 1 unspecified atom stereocenters. The highest BCUT2D eigenvalue weighted by Crippen LogP contribution is 2.25. The van der Waals surface area contributed by atoms with E-state index < -0.39 is 0 Å². The van der Waals surface area contributed by atoms with Crippen molar-refractivity contribution in [3.63, 3.8) is 0 Å². The molecule has 1 atom stereocenters. The Labute approximate surface area is 174 Å². The number of nitrogens with zero attached hydrogens (tertiary/aromatic N) is 7. The van der Waals surface area contributed by atoms with Crippen LogP contribution in [0.2, 0.25) is 0 Å². The van der Waals surface area contributed by atoms with Crippen molar-refractivity contribution in [1.29, 1.82) is 5.26 Å². The quantitative estimate of drug-likeness (QED) is 0.555. The average molecular weight is 398 g/mol. The molecule has 8 heteroatoms. The molecule has 150 valence electrons. The number of hydrogen-bond acceptors (Lipinski definition) is 6. The van der Waals surface area contributed by atoms with Crippen LogP contribution in [0.3, 0.4) is 0 Å². The number of likely N-dealkylation sites (N-methyl/N-ethyl adjacent to an activating group) is 1. The van der Waals surface area contributed by atoms with E-state index in [4.69, 9.17) is 5.26 Å². The van der Waals surface area contributed by atoms with Crippen LogP contribution < -0.4 is 5.32 Å². The van der Waals surface area contributed by atoms with Crippen LogP contribution in [0.15, 0.2) is 55.0 Å². The summed E-state index contributed by atoms with van der Waals surface area (Å²) in [4.78, 5) is 7.07. The topological polar surface area (TPSA) is 87.1 Å². The van der Waals surface area contributed by atoms with Crippen molar-refractivity contribution in [2.45, 2.75) is 25.4 Å². The zero-order valence-electron chi connectivity index (χ0n) is 16.7. The molecular weight excluding hydrogens is 376 g/mol. The number of rotatable bonds is 5. The maximum absolute atomic E-state index is 9.01. The molecule has 1 fully saturated rings. The third-order valence-electron chi connectivity index (χ3n) is 5.65. The summed E-state index contributed by atoms with van der Waals surface area (Å²) in [6, 6.07) is 14.1. The summed E-state index contributed by atoms with van der Waals surface area (Å²) in [5, 5.41) is 21.3. The molecule has 4 heterocycles. The predicted molar refractivity (Wildman–Crippen MR) is 114 cm³/mol. The highest BCUT2D eigenvalue weighted by molar-refractivity contribution is 5.78. The van der Waals surface area contributed by atoms with Crippen LogP contribution in [0.5, 0.6) is 0 Å². The average Bonchev–Trinajstić information content (AvgIpc) is 3.49. The Bertz CT molecular complexity index is 1210. The Kier molecular flexibility index (Phi) is 4.65. The maximum atomic E-state index is 9.01. The first-order valence-electron chi connectivity index (χ1n) is 10.1. The van der Waals surface area contributed by atoms with E-state index in [2.05, 4.69) is 38.5 Å². The van der Waals surface area contributed by atoms with Crippen molar-refractivity contribution >= 4 is 17.3 Å². The van der Waals surface area contributed by atoms with E-state index in [1.165, 1.54) is 12.8 Å². The van der Waals surface area contributed by atoms with Crippen LogP contribution in [-0.4, -0.2) is 48.9 Å². The van der Waals surface area contributed by atoms with Crippen molar-refractivity contribution in [3.05, 3.63) is 60.6 Å². The fourth-order valence-electron chi connectivity index (χ4n) is 3.99. The molecule has 1 aliphatic rings. The normalized spacial score (nSPS) is 16.7. The van der Waals surface area contributed by atoms with E-state index >= 15 is 0 Å². The minimum Gasteiger partial charge on any atom is -0.320 e. The Morgan fingerprint density at radius 1 is 1.23 bits per heavy atom. The summed E-state index contributed by atoms with van der Waals surface area (Å²) in [7, 11) is 2.17. The molecule has 0 bridgehead atoms. The van der Waals surface area contributed by atoms with E-state index in [0.717, 1.165) is 35.6 Å². The van der Waals surface area contributed by atoms with E-state index in [1.54, 1.807) is 4.52 Å². The first-order valence-corrected chi connectivity index (χ1v) is 10.1. The summed E-state index contributed by atoms with van der Waals surface area (Å²) in [6.45, 7) is 2.05. The summed E-state index contributed by atoms with van der Waals surface area (Å²) >= 11 is 0. The van der Waals surface area contributed by atoms with Gasteiger partial charge in [-0.15, -0.1) is 5.10 Å². The van der Waals surface area contributed by atoms with E-state index in [-0.39, 0.29) is 0 Å². The van der Waals surface area contributed by atoms with Crippen molar-refractivity contribution in [3.8, 4) is 17.2 Å². The molecule has 0 radical (unpaired) electrons. The number of pyridine rings is 1. The lowest BCUT2D eigenvalue weighted by Crippen LogP contribution is -2.29. The molecule has 5 rings (SSSR count). The third kappa shape index (κ3) is 3.51. The first kappa shape index (κ1) is 18.3. The molecule has 0 amide bonds. The van der Waals surface area contributed by atoms with Gasteiger partial charge in [0.1, 0.15) is 0 Å². The lowest BCUT2D eigenvalue weighted by Gasteiger charge is -2.18. The summed E-state index contributed by atoms with van der Waals surface area (Å²) < 4.78 is 3.74. The van der Waals surface area contributed by atoms with Crippen LogP contribution in [0, 0.1) is 11.3 Å². The lowest BCUT2D eigenvalue weighted by molar-refractivity contribution is 0.274. The first-order chi connectivity index (χ1) is 14.7. The number of nitrogens with one attached hydrogen (secondary N) is 1. The second-order valence-corrected chi connectivity index (χ2v) is 7.67. The summed E-state index contributed by atoms with van der Waals surface area (Å²) in [5.41, 5.74) is 4.21. The molecule has 8 nitrogen and oxygen atoms in total. The molecule has 4 aromatic rings. The number of anilines is 2. The Hall–Kier alpha value is -3.70. The van der Waals surface area contributed by atoms with E-state index in [9.17, 15) is 0 Å². The molecule has 0 spiro atoms. The van der Waals surface area contributed by atoms with Crippen molar-refractivity contribution in [2.75, 3.05) is 18.9 Å². The number of benzene rings is 1. The molecule has 1 aromatic carbocycles. The molecule has 1 N–H and O–H groups in total. The Balaban J connectivity index is 1.37. The number of aromatic nitrogens is 5. The van der Waals surface area contributed by atoms with Gasteiger partial charge in [-0.25, -0.2) is 4.52 Å². The minimum absolute atomic E-state index is 0.522. The van der Waals surface area contributed by atoms with Gasteiger partial charge in [0, 0.05) is 24.0 Å². The van der Waals surface area contributed by atoms with Crippen LogP contribution >= 0.6 is 0 Å². The molecule has 1 aliphatic heterocycles. The zero-order valence-corrected chi connectivity index (χ0v) is 16.7. The molecular formula is C22H22N8. The van der Waals surface area contributed by atoms with Crippen LogP contribution in [0.1, 0.15) is 18.4 Å². The molecule has 0 saturated carbocycles.